The maximum atomic E-state index is 11.1. The van der Waals surface area contributed by atoms with Gasteiger partial charge in [0.2, 0.25) is 5.82 Å². The Morgan fingerprint density at radius 3 is 2.81 bits per heavy atom. The number of hydrogen-bond acceptors (Lipinski definition) is 6. The van der Waals surface area contributed by atoms with Gasteiger partial charge >= 0.3 is 5.69 Å². The largest absolute Gasteiger partial charge is 0.497 e. The van der Waals surface area contributed by atoms with Crippen LogP contribution in [0.3, 0.4) is 0 Å². The van der Waals surface area contributed by atoms with E-state index in [0.29, 0.717) is 23.8 Å². The van der Waals surface area contributed by atoms with Crippen LogP contribution in [0.5, 0.6) is 5.75 Å². The van der Waals surface area contributed by atoms with Gasteiger partial charge in [-0.05, 0) is 25.1 Å². The molecule has 0 aliphatic carbocycles. The molecule has 2 aromatic rings. The second-order valence-electron chi connectivity index (χ2n) is 4.21. The van der Waals surface area contributed by atoms with Crippen molar-refractivity contribution < 1.29 is 9.66 Å². The van der Waals surface area contributed by atoms with E-state index < -0.39 is 4.92 Å². The number of pyridine rings is 1. The van der Waals surface area contributed by atoms with Crippen molar-refractivity contribution >= 4 is 23.0 Å². The Labute approximate surface area is 122 Å². The Morgan fingerprint density at radius 2 is 2.14 bits per heavy atom. The Hall–Kier alpha value is -2.83. The van der Waals surface area contributed by atoms with Gasteiger partial charge in [0, 0.05) is 24.4 Å². The van der Waals surface area contributed by atoms with Gasteiger partial charge in [-0.1, -0.05) is 6.07 Å². The normalized spacial score (nSPS) is 10.0. The van der Waals surface area contributed by atoms with Gasteiger partial charge in [-0.25, -0.2) is 4.98 Å². The molecule has 1 aromatic heterocycles. The summed E-state index contributed by atoms with van der Waals surface area (Å²) in [7, 11) is 1.56. The standard InChI is InChI=1S/C14H16N4O3/c1-3-15-13-8-7-12(18(19)20)14(17-13)16-10-5-4-6-11(9-10)21-2/h4-9H,3H2,1-2H3,(H2,15,16,17). The van der Waals surface area contributed by atoms with Crippen molar-refractivity contribution in [3.05, 3.63) is 46.5 Å². The van der Waals surface area contributed by atoms with Crippen molar-refractivity contribution in [1.29, 1.82) is 0 Å². The van der Waals surface area contributed by atoms with Crippen LogP contribution in [0.15, 0.2) is 36.4 Å². The van der Waals surface area contributed by atoms with E-state index >= 15 is 0 Å². The van der Waals surface area contributed by atoms with Crippen LogP contribution < -0.4 is 15.4 Å². The maximum Gasteiger partial charge on any atom is 0.311 e. The lowest BCUT2D eigenvalue weighted by atomic mass is 10.3. The van der Waals surface area contributed by atoms with E-state index in [0.717, 1.165) is 0 Å². The van der Waals surface area contributed by atoms with Gasteiger partial charge < -0.3 is 15.4 Å². The summed E-state index contributed by atoms with van der Waals surface area (Å²) in [6.45, 7) is 2.61. The molecule has 7 heteroatoms. The summed E-state index contributed by atoms with van der Waals surface area (Å²) in [6.07, 6.45) is 0. The fourth-order valence-corrected chi connectivity index (χ4v) is 1.81. The lowest BCUT2D eigenvalue weighted by Crippen LogP contribution is -2.04. The highest BCUT2D eigenvalue weighted by Crippen LogP contribution is 2.28. The average molecular weight is 288 g/mol. The van der Waals surface area contributed by atoms with Crippen molar-refractivity contribution in [2.75, 3.05) is 24.3 Å². The molecule has 1 heterocycles. The Kier molecular flexibility index (Phi) is 4.55. The van der Waals surface area contributed by atoms with Gasteiger partial charge in [-0.15, -0.1) is 0 Å². The van der Waals surface area contributed by atoms with E-state index in [4.69, 9.17) is 4.74 Å². The first-order chi connectivity index (χ1) is 10.1. The molecule has 0 fully saturated rings. The van der Waals surface area contributed by atoms with E-state index in [9.17, 15) is 10.1 Å². The molecule has 21 heavy (non-hydrogen) atoms. The van der Waals surface area contributed by atoms with Crippen molar-refractivity contribution in [3.63, 3.8) is 0 Å². The number of hydrogen-bond donors (Lipinski definition) is 2. The number of nitrogens with zero attached hydrogens (tertiary/aromatic N) is 2. The first kappa shape index (κ1) is 14.6. The SMILES string of the molecule is CCNc1ccc([N+](=O)[O-])c(Nc2cccc(OC)c2)n1. The summed E-state index contributed by atoms with van der Waals surface area (Å²) in [5, 5.41) is 17.1. The number of rotatable bonds is 6. The summed E-state index contributed by atoms with van der Waals surface area (Å²) in [5.74, 6) is 1.42. The summed E-state index contributed by atoms with van der Waals surface area (Å²) >= 11 is 0. The van der Waals surface area contributed by atoms with Crippen molar-refractivity contribution in [2.24, 2.45) is 0 Å². The zero-order chi connectivity index (χ0) is 15.2. The van der Waals surface area contributed by atoms with Crippen LogP contribution in [0.4, 0.5) is 23.0 Å². The minimum Gasteiger partial charge on any atom is -0.497 e. The highest BCUT2D eigenvalue weighted by Gasteiger charge is 2.16. The van der Waals surface area contributed by atoms with Crippen molar-refractivity contribution in [2.45, 2.75) is 6.92 Å². The number of nitrogens with one attached hydrogen (secondary N) is 2. The Bertz CT molecular complexity index is 646. The molecular formula is C14H16N4O3. The molecule has 110 valence electrons. The zero-order valence-corrected chi connectivity index (χ0v) is 11.8. The molecule has 0 saturated carbocycles. The third-order valence-corrected chi connectivity index (χ3v) is 2.76. The molecule has 7 nitrogen and oxygen atoms in total. The molecule has 0 aliphatic heterocycles. The maximum absolute atomic E-state index is 11.1. The third kappa shape index (κ3) is 3.59. The highest BCUT2D eigenvalue weighted by molar-refractivity contribution is 5.68. The minimum absolute atomic E-state index is 0.0838. The molecule has 0 amide bonds. The molecule has 0 atom stereocenters. The number of nitro groups is 1. The van der Waals surface area contributed by atoms with Crippen LogP contribution in [-0.2, 0) is 0 Å². The lowest BCUT2D eigenvalue weighted by molar-refractivity contribution is -0.384. The predicted molar refractivity (Wildman–Crippen MR) is 81.3 cm³/mol. The molecule has 2 N–H and O–H groups in total. The fraction of sp³-hybridized carbons (Fsp3) is 0.214. The van der Waals surface area contributed by atoms with E-state index in [1.807, 2.05) is 6.92 Å². The van der Waals surface area contributed by atoms with Crippen LogP contribution in [-0.4, -0.2) is 23.6 Å². The Balaban J connectivity index is 2.35. The molecule has 0 aliphatic rings. The van der Waals surface area contributed by atoms with E-state index in [2.05, 4.69) is 15.6 Å². The molecule has 2 rings (SSSR count). The number of benzene rings is 1. The summed E-state index contributed by atoms with van der Waals surface area (Å²) in [6, 6.07) is 10.1. The van der Waals surface area contributed by atoms with Gasteiger partial charge in [0.15, 0.2) is 0 Å². The predicted octanol–water partition coefficient (Wildman–Crippen LogP) is 3.17. The first-order valence-corrected chi connectivity index (χ1v) is 6.44. The van der Waals surface area contributed by atoms with Crippen LogP contribution in [0.1, 0.15) is 6.92 Å². The second-order valence-corrected chi connectivity index (χ2v) is 4.21. The smallest absolute Gasteiger partial charge is 0.311 e. The molecule has 0 spiro atoms. The number of aromatic nitrogens is 1. The third-order valence-electron chi connectivity index (χ3n) is 2.76. The van der Waals surface area contributed by atoms with Gasteiger partial charge in [-0.3, -0.25) is 10.1 Å². The molecule has 1 aromatic carbocycles. The van der Waals surface area contributed by atoms with Crippen LogP contribution in [0.25, 0.3) is 0 Å². The van der Waals surface area contributed by atoms with Gasteiger partial charge in [-0.2, -0.15) is 0 Å². The number of anilines is 3. The zero-order valence-electron chi connectivity index (χ0n) is 11.8. The van der Waals surface area contributed by atoms with Crippen LogP contribution >= 0.6 is 0 Å². The molecule has 0 bridgehead atoms. The van der Waals surface area contributed by atoms with Gasteiger partial charge in [0.25, 0.3) is 0 Å². The average Bonchev–Trinajstić information content (AvgIpc) is 2.48. The molecule has 0 saturated heterocycles. The highest BCUT2D eigenvalue weighted by atomic mass is 16.6. The van der Waals surface area contributed by atoms with E-state index in [1.54, 1.807) is 37.4 Å². The van der Waals surface area contributed by atoms with E-state index in [1.165, 1.54) is 6.07 Å². The summed E-state index contributed by atoms with van der Waals surface area (Å²) in [5.41, 5.74) is 0.582. The topological polar surface area (TPSA) is 89.3 Å². The minimum atomic E-state index is -0.467. The quantitative estimate of drug-likeness (QED) is 0.627. The first-order valence-electron chi connectivity index (χ1n) is 6.44. The monoisotopic (exact) mass is 288 g/mol. The lowest BCUT2D eigenvalue weighted by Gasteiger charge is -2.09. The van der Waals surface area contributed by atoms with Crippen LogP contribution in [0, 0.1) is 10.1 Å². The van der Waals surface area contributed by atoms with Crippen molar-refractivity contribution in [3.8, 4) is 5.75 Å². The van der Waals surface area contributed by atoms with E-state index in [-0.39, 0.29) is 11.5 Å². The van der Waals surface area contributed by atoms with Crippen molar-refractivity contribution in [1.82, 2.24) is 4.98 Å². The molecule has 0 unspecified atom stereocenters. The van der Waals surface area contributed by atoms with Gasteiger partial charge in [0.05, 0.1) is 12.0 Å². The number of ether oxygens (including phenoxy) is 1. The summed E-state index contributed by atoms with van der Waals surface area (Å²) < 4.78 is 5.13. The second kappa shape index (κ2) is 6.56. The molecular weight excluding hydrogens is 272 g/mol. The van der Waals surface area contributed by atoms with Gasteiger partial charge in [0.1, 0.15) is 11.6 Å². The molecule has 0 radical (unpaired) electrons. The number of methoxy groups -OCH3 is 1. The Morgan fingerprint density at radius 1 is 1.33 bits per heavy atom. The summed E-state index contributed by atoms with van der Waals surface area (Å²) in [4.78, 5) is 14.8. The van der Waals surface area contributed by atoms with Crippen LogP contribution in [0.2, 0.25) is 0 Å². The fourth-order valence-electron chi connectivity index (χ4n) is 1.81.